The number of amides is 1. The second-order valence-corrected chi connectivity index (χ2v) is 7.45. The minimum atomic E-state index is -2.20. The zero-order chi connectivity index (χ0) is 25.4. The first-order valence-corrected chi connectivity index (χ1v) is 10.7. The number of nitrogens with zero attached hydrogens (tertiary/aromatic N) is 1. The van der Waals surface area contributed by atoms with E-state index in [0.29, 0.717) is 48.7 Å². The van der Waals surface area contributed by atoms with Gasteiger partial charge in [0.1, 0.15) is 17.3 Å². The summed E-state index contributed by atoms with van der Waals surface area (Å²) in [5.74, 6) is 0.0697. The van der Waals surface area contributed by atoms with Gasteiger partial charge >= 0.3 is 5.97 Å². The third-order valence-corrected chi connectivity index (χ3v) is 5.01. The number of furan rings is 1. The first kappa shape index (κ1) is 21.1. The SMILES string of the molecule is [2H]C([2H])(c1cc(OC)ccc1OCCCCCC(=O)O)N(C)C(=O)c1ccc(-c2ccco2)cc1. The van der Waals surface area contributed by atoms with E-state index in [9.17, 15) is 9.59 Å². The fourth-order valence-corrected chi connectivity index (χ4v) is 3.23. The lowest BCUT2D eigenvalue weighted by Gasteiger charge is -2.20. The molecule has 7 nitrogen and oxygen atoms in total. The molecule has 3 aromatic rings. The van der Waals surface area contributed by atoms with Gasteiger partial charge < -0.3 is 23.9 Å². The molecule has 1 heterocycles. The topological polar surface area (TPSA) is 89.2 Å². The van der Waals surface area contributed by atoms with E-state index in [0.717, 1.165) is 10.5 Å². The molecule has 2 aromatic carbocycles. The van der Waals surface area contributed by atoms with Crippen LogP contribution in [-0.2, 0) is 11.3 Å². The molecule has 0 radical (unpaired) electrons. The van der Waals surface area contributed by atoms with Gasteiger partial charge in [-0.25, -0.2) is 0 Å². The molecule has 174 valence electrons. The molecule has 1 aromatic heterocycles. The molecule has 1 amide bonds. The molecule has 1 N–H and O–H groups in total. The smallest absolute Gasteiger partial charge is 0.303 e. The van der Waals surface area contributed by atoms with Crippen molar-refractivity contribution in [3.63, 3.8) is 0 Å². The maximum atomic E-state index is 13.2. The Bertz CT molecular complexity index is 1130. The highest BCUT2D eigenvalue weighted by atomic mass is 16.5. The van der Waals surface area contributed by atoms with Gasteiger partial charge in [0, 0.05) is 36.7 Å². The number of unbranched alkanes of at least 4 members (excludes halogenated alkanes) is 2. The Kier molecular flexibility index (Phi) is 7.53. The van der Waals surface area contributed by atoms with Gasteiger partial charge in [-0.15, -0.1) is 0 Å². The van der Waals surface area contributed by atoms with Gasteiger partial charge in [-0.1, -0.05) is 12.1 Å². The molecule has 0 saturated carbocycles. The first-order chi connectivity index (χ1) is 16.7. The van der Waals surface area contributed by atoms with Gasteiger partial charge in [-0.2, -0.15) is 0 Å². The molecule has 7 heteroatoms. The zero-order valence-electron chi connectivity index (χ0n) is 20.7. The maximum Gasteiger partial charge on any atom is 0.303 e. The van der Waals surface area contributed by atoms with Crippen LogP contribution in [0.3, 0.4) is 0 Å². The van der Waals surface area contributed by atoms with Crippen LogP contribution in [0.5, 0.6) is 11.5 Å². The standard InChI is InChI=1S/C26H29NO6/c1-27(26(30)20-11-9-19(10-12-20)23-7-6-16-33-23)18-21-17-22(31-2)13-14-24(21)32-15-5-3-4-8-25(28)29/h6-7,9-14,16-17H,3-5,8,15,18H2,1-2H3,(H,28,29)/i18D2. The molecular formula is C26H29NO6. The number of hydrogen-bond donors (Lipinski definition) is 1. The number of aliphatic carboxylic acids is 1. The number of benzene rings is 2. The van der Waals surface area contributed by atoms with Crippen LogP contribution in [0.25, 0.3) is 11.3 Å². The average molecular weight is 454 g/mol. The van der Waals surface area contributed by atoms with Crippen molar-refractivity contribution in [2.45, 2.75) is 32.2 Å². The largest absolute Gasteiger partial charge is 0.497 e. The maximum absolute atomic E-state index is 13.2. The monoisotopic (exact) mass is 453 g/mol. The Morgan fingerprint density at radius 1 is 1.09 bits per heavy atom. The number of carbonyl (C=O) groups excluding carboxylic acids is 1. The summed E-state index contributed by atoms with van der Waals surface area (Å²) in [7, 11) is 2.88. The van der Waals surface area contributed by atoms with E-state index in [2.05, 4.69) is 0 Å². The van der Waals surface area contributed by atoms with Crippen LogP contribution in [0.1, 0.15) is 44.3 Å². The molecule has 0 aliphatic rings. The normalized spacial score (nSPS) is 11.9. The Labute approximate surface area is 196 Å². The van der Waals surface area contributed by atoms with Crippen LogP contribution in [0, 0.1) is 0 Å². The fourth-order valence-electron chi connectivity index (χ4n) is 3.23. The second-order valence-electron chi connectivity index (χ2n) is 7.45. The van der Waals surface area contributed by atoms with E-state index in [4.69, 9.17) is 21.7 Å². The lowest BCUT2D eigenvalue weighted by atomic mass is 10.1. The molecule has 33 heavy (non-hydrogen) atoms. The van der Waals surface area contributed by atoms with E-state index in [1.807, 2.05) is 6.07 Å². The zero-order valence-corrected chi connectivity index (χ0v) is 18.7. The Hall–Kier alpha value is -3.74. The van der Waals surface area contributed by atoms with E-state index >= 15 is 0 Å². The van der Waals surface area contributed by atoms with Gasteiger partial charge in [-0.3, -0.25) is 9.59 Å². The summed E-state index contributed by atoms with van der Waals surface area (Å²) in [6.45, 7) is -1.91. The number of methoxy groups -OCH3 is 1. The van der Waals surface area contributed by atoms with Crippen LogP contribution < -0.4 is 9.47 Å². The van der Waals surface area contributed by atoms with E-state index in [1.165, 1.54) is 20.2 Å². The molecule has 0 saturated heterocycles. The Morgan fingerprint density at radius 3 is 2.55 bits per heavy atom. The molecule has 0 spiro atoms. The highest BCUT2D eigenvalue weighted by molar-refractivity contribution is 5.94. The quantitative estimate of drug-likeness (QED) is 0.377. The molecule has 0 atom stereocenters. The minimum absolute atomic E-state index is 0.103. The van der Waals surface area contributed by atoms with Crippen molar-refractivity contribution in [2.75, 3.05) is 20.8 Å². The number of carboxylic acids is 1. The number of ether oxygens (including phenoxy) is 2. The highest BCUT2D eigenvalue weighted by Crippen LogP contribution is 2.27. The van der Waals surface area contributed by atoms with Gasteiger partial charge in [0.25, 0.3) is 5.91 Å². The summed E-state index contributed by atoms with van der Waals surface area (Å²) in [4.78, 5) is 24.8. The van der Waals surface area contributed by atoms with Crippen molar-refractivity contribution >= 4 is 11.9 Å². The Morgan fingerprint density at radius 2 is 1.88 bits per heavy atom. The summed E-state index contributed by atoms with van der Waals surface area (Å²) in [5, 5.41) is 8.74. The summed E-state index contributed by atoms with van der Waals surface area (Å²) in [5.41, 5.74) is 1.30. The molecule has 0 bridgehead atoms. The highest BCUT2D eigenvalue weighted by Gasteiger charge is 2.16. The molecule has 0 aliphatic heterocycles. The van der Waals surface area contributed by atoms with Crippen molar-refractivity contribution in [2.24, 2.45) is 0 Å². The number of hydrogen-bond acceptors (Lipinski definition) is 5. The number of carbonyl (C=O) groups is 2. The lowest BCUT2D eigenvalue weighted by Crippen LogP contribution is -2.26. The summed E-state index contributed by atoms with van der Waals surface area (Å²) in [6, 6.07) is 15.1. The van der Waals surface area contributed by atoms with Gasteiger partial charge in [0.2, 0.25) is 0 Å². The lowest BCUT2D eigenvalue weighted by molar-refractivity contribution is -0.137. The predicted octanol–water partition coefficient (Wildman–Crippen LogP) is 5.25. The summed E-state index contributed by atoms with van der Waals surface area (Å²) < 4.78 is 34.0. The number of rotatable bonds is 12. The van der Waals surface area contributed by atoms with Crippen molar-refractivity contribution < 1.29 is 31.3 Å². The summed E-state index contributed by atoms with van der Waals surface area (Å²) in [6.07, 6.45) is 3.52. The van der Waals surface area contributed by atoms with E-state index in [1.54, 1.807) is 48.7 Å². The molecular weight excluding hydrogens is 422 g/mol. The predicted molar refractivity (Wildman–Crippen MR) is 125 cm³/mol. The van der Waals surface area contributed by atoms with E-state index in [-0.39, 0.29) is 12.0 Å². The van der Waals surface area contributed by atoms with Crippen LogP contribution in [0.4, 0.5) is 0 Å². The van der Waals surface area contributed by atoms with Crippen LogP contribution in [-0.4, -0.2) is 42.6 Å². The molecule has 0 fully saturated rings. The van der Waals surface area contributed by atoms with Crippen molar-refractivity contribution in [1.82, 2.24) is 4.90 Å². The second kappa shape index (κ2) is 11.8. The third kappa shape index (κ3) is 6.87. The third-order valence-electron chi connectivity index (χ3n) is 5.01. The summed E-state index contributed by atoms with van der Waals surface area (Å²) >= 11 is 0. The van der Waals surface area contributed by atoms with Crippen LogP contribution >= 0.6 is 0 Å². The van der Waals surface area contributed by atoms with Crippen molar-refractivity contribution in [3.8, 4) is 22.8 Å². The van der Waals surface area contributed by atoms with Crippen molar-refractivity contribution in [3.05, 3.63) is 72.0 Å². The van der Waals surface area contributed by atoms with Gasteiger partial charge in [-0.05, 0) is 61.7 Å². The van der Waals surface area contributed by atoms with Crippen molar-refractivity contribution in [1.29, 1.82) is 0 Å². The minimum Gasteiger partial charge on any atom is -0.497 e. The molecule has 3 rings (SSSR count). The van der Waals surface area contributed by atoms with E-state index < -0.39 is 18.4 Å². The molecule has 0 aliphatic carbocycles. The van der Waals surface area contributed by atoms with Crippen LogP contribution in [0.2, 0.25) is 0 Å². The average Bonchev–Trinajstić information content (AvgIpc) is 3.40. The van der Waals surface area contributed by atoms with Gasteiger partial charge in [0.05, 0.1) is 22.7 Å². The first-order valence-electron chi connectivity index (χ1n) is 11.7. The number of carboxylic acid groups (broad SMARTS) is 1. The Balaban J connectivity index is 1.75. The molecule has 0 unspecified atom stereocenters. The fraction of sp³-hybridized carbons (Fsp3) is 0.308. The van der Waals surface area contributed by atoms with Gasteiger partial charge in [0.15, 0.2) is 0 Å². The van der Waals surface area contributed by atoms with Crippen LogP contribution in [0.15, 0.2) is 65.3 Å².